The van der Waals surface area contributed by atoms with Crippen LogP contribution in [-0.4, -0.2) is 9.52 Å². The van der Waals surface area contributed by atoms with Crippen LogP contribution in [0.15, 0.2) is 71.8 Å². The van der Waals surface area contributed by atoms with Crippen molar-refractivity contribution in [2.75, 3.05) is 0 Å². The molecule has 0 spiro atoms. The highest BCUT2D eigenvalue weighted by molar-refractivity contribution is 6.36. The Morgan fingerprint density at radius 1 is 0.473 bits per heavy atom. The fraction of sp³-hybridized carbons (Fsp3) is 0.481. The topological polar surface area (TPSA) is 0 Å². The molecule has 0 aromatic heterocycles. The Labute approximate surface area is 339 Å². The van der Waals surface area contributed by atoms with E-state index in [9.17, 15) is 0 Å². The molecule has 0 bridgehead atoms. The minimum atomic E-state index is -0.389. The lowest BCUT2D eigenvalue weighted by molar-refractivity contribution is 0.609. The molecule has 55 heavy (non-hydrogen) atoms. The van der Waals surface area contributed by atoms with Crippen molar-refractivity contribution in [3.8, 4) is 22.3 Å². The third kappa shape index (κ3) is 8.21. The van der Waals surface area contributed by atoms with Gasteiger partial charge in [0.2, 0.25) is 0 Å². The summed E-state index contributed by atoms with van der Waals surface area (Å²) in [5.41, 5.74) is 24.0. The van der Waals surface area contributed by atoms with E-state index >= 15 is 0 Å². The maximum Gasteiger partial charge on any atom is 0.0218 e. The number of hydrogen-bond acceptors (Lipinski definition) is 0. The molecule has 2 aliphatic carbocycles. The van der Waals surface area contributed by atoms with E-state index < -0.39 is 0 Å². The van der Waals surface area contributed by atoms with E-state index in [0.717, 1.165) is 0 Å². The van der Waals surface area contributed by atoms with Crippen LogP contribution in [0.2, 0.25) is 12.1 Å². The van der Waals surface area contributed by atoms with Crippen LogP contribution in [0.3, 0.4) is 0 Å². The van der Waals surface area contributed by atoms with Crippen molar-refractivity contribution in [3.63, 3.8) is 0 Å². The Kier molecular flexibility index (Phi) is 12.7. The van der Waals surface area contributed by atoms with Gasteiger partial charge in [0, 0.05) is 21.4 Å². The maximum absolute atomic E-state index is 2.66. The summed E-state index contributed by atoms with van der Waals surface area (Å²) in [6.07, 6.45) is 7.70. The first-order valence-corrected chi connectivity index (χ1v) is 24.1. The highest BCUT2D eigenvalue weighted by Gasteiger charge is 2.33. The summed E-state index contributed by atoms with van der Waals surface area (Å²) in [5, 5.41) is 0. The summed E-state index contributed by atoms with van der Waals surface area (Å²) >= 11 is 0. The molecule has 1 heteroatoms. The molecule has 0 nitrogen and oxygen atoms in total. The lowest BCUT2D eigenvalue weighted by atomic mass is 9.85. The normalized spacial score (nSPS) is 17.9. The minimum absolute atomic E-state index is 0.389. The average Bonchev–Trinajstić information content (AvgIpc) is 3.71. The first kappa shape index (κ1) is 41.2. The first-order chi connectivity index (χ1) is 26.1. The van der Waals surface area contributed by atoms with Gasteiger partial charge in [-0.15, -0.1) is 0 Å². The number of benzene rings is 4. The molecule has 0 amide bonds. The monoisotopic (exact) mass is 749 g/mol. The van der Waals surface area contributed by atoms with Gasteiger partial charge in [-0.1, -0.05) is 179 Å². The average molecular weight is 749 g/mol. The molecule has 0 saturated heterocycles. The molecule has 0 heterocycles. The Bertz CT molecular complexity index is 1880. The van der Waals surface area contributed by atoms with Gasteiger partial charge in [-0.05, 0) is 140 Å². The maximum atomic E-state index is 2.66. The van der Waals surface area contributed by atoms with Gasteiger partial charge in [-0.25, -0.2) is 0 Å². The molecule has 0 saturated carbocycles. The van der Waals surface area contributed by atoms with Gasteiger partial charge in [0.15, 0.2) is 0 Å². The van der Waals surface area contributed by atoms with Crippen LogP contribution in [0.4, 0.5) is 0 Å². The molecule has 2 aliphatic rings. The van der Waals surface area contributed by atoms with E-state index in [-0.39, 0.29) is 9.52 Å². The van der Waals surface area contributed by atoms with Crippen molar-refractivity contribution >= 4 is 21.7 Å². The van der Waals surface area contributed by atoms with Crippen molar-refractivity contribution < 1.29 is 0 Å². The van der Waals surface area contributed by atoms with Gasteiger partial charge in [0.1, 0.15) is 0 Å². The summed E-state index contributed by atoms with van der Waals surface area (Å²) in [6, 6.07) is 27.5. The molecular formula is C54H72Si. The quantitative estimate of drug-likeness (QED) is 0.113. The Morgan fingerprint density at radius 2 is 0.800 bits per heavy atom. The summed E-state index contributed by atoms with van der Waals surface area (Å²) < 4.78 is 0. The Balaban J connectivity index is 1.36. The summed E-state index contributed by atoms with van der Waals surface area (Å²) in [5.74, 6) is 4.33. The second kappa shape index (κ2) is 17.0. The Hall–Kier alpha value is -3.42. The number of aryl methyl sites for hydroxylation is 2. The van der Waals surface area contributed by atoms with Crippen molar-refractivity contribution in [2.24, 2.45) is 11.8 Å². The van der Waals surface area contributed by atoms with E-state index in [1.807, 2.05) is 0 Å². The lowest BCUT2D eigenvalue weighted by Crippen LogP contribution is -2.12. The third-order valence-electron chi connectivity index (χ3n) is 13.7. The third-order valence-corrected chi connectivity index (χ3v) is 15.7. The number of hydrogen-bond donors (Lipinski definition) is 0. The van der Waals surface area contributed by atoms with Gasteiger partial charge in [0.25, 0.3) is 0 Å². The van der Waals surface area contributed by atoms with Crippen molar-refractivity contribution in [1.82, 2.24) is 0 Å². The van der Waals surface area contributed by atoms with Crippen LogP contribution in [0, 0.1) is 25.7 Å². The molecule has 292 valence electrons. The molecule has 4 unspecified atom stereocenters. The number of fused-ring (bicyclic) bond motifs is 2. The Morgan fingerprint density at radius 3 is 1.09 bits per heavy atom. The van der Waals surface area contributed by atoms with E-state index in [1.54, 1.807) is 22.3 Å². The van der Waals surface area contributed by atoms with Gasteiger partial charge in [0.05, 0.1) is 0 Å². The highest BCUT2D eigenvalue weighted by atomic mass is 28.2. The van der Waals surface area contributed by atoms with Crippen molar-refractivity contribution in [3.05, 3.63) is 127 Å². The second-order valence-electron chi connectivity index (χ2n) is 18.9. The molecule has 4 aromatic rings. The minimum Gasteiger partial charge on any atom is -0.0648 e. The van der Waals surface area contributed by atoms with E-state index in [2.05, 4.69) is 170 Å². The van der Waals surface area contributed by atoms with Crippen molar-refractivity contribution in [1.29, 1.82) is 0 Å². The zero-order valence-corrected chi connectivity index (χ0v) is 38.5. The summed E-state index contributed by atoms with van der Waals surface area (Å²) in [7, 11) is -0.389. The molecule has 4 atom stereocenters. The molecule has 6 rings (SSSR count). The molecule has 0 N–H and O–H groups in total. The van der Waals surface area contributed by atoms with Crippen LogP contribution < -0.4 is 0 Å². The largest absolute Gasteiger partial charge is 0.0648 e. The predicted octanol–water partition coefficient (Wildman–Crippen LogP) is 15.9. The van der Waals surface area contributed by atoms with E-state index in [0.29, 0.717) is 47.3 Å². The van der Waals surface area contributed by atoms with Gasteiger partial charge in [-0.2, -0.15) is 0 Å². The van der Waals surface area contributed by atoms with E-state index in [4.69, 9.17) is 0 Å². The summed E-state index contributed by atoms with van der Waals surface area (Å²) in [4.78, 5) is 0. The zero-order chi connectivity index (χ0) is 39.9. The predicted molar refractivity (Wildman–Crippen MR) is 248 cm³/mol. The fourth-order valence-corrected chi connectivity index (χ4v) is 12.0. The lowest BCUT2D eigenvalue weighted by Gasteiger charge is -2.25. The van der Waals surface area contributed by atoms with Crippen LogP contribution in [0.5, 0.6) is 0 Å². The molecule has 4 aromatic carbocycles. The molecule has 0 radical (unpaired) electrons. The van der Waals surface area contributed by atoms with Crippen LogP contribution >= 0.6 is 0 Å². The molecule has 0 fully saturated rings. The van der Waals surface area contributed by atoms with Crippen molar-refractivity contribution in [2.45, 2.75) is 157 Å². The fourth-order valence-electron chi connectivity index (χ4n) is 9.66. The van der Waals surface area contributed by atoms with Gasteiger partial charge >= 0.3 is 0 Å². The smallest absolute Gasteiger partial charge is 0.0218 e. The highest BCUT2D eigenvalue weighted by Crippen LogP contribution is 2.51. The van der Waals surface area contributed by atoms with Gasteiger partial charge in [-0.3, -0.25) is 0 Å². The van der Waals surface area contributed by atoms with Crippen LogP contribution in [-0.2, 0) is 0 Å². The first-order valence-electron chi connectivity index (χ1n) is 22.1. The standard InChI is InChI=1S/C54H72Si/c1-15-35(11)47-27-49-45(19-17-37(13)53(49)43-23-39(31(3)4)21-40(24-43)32(5)6)51(47)29-55-30-52-46-20-18-38(14)54(50(46)28-48(52)36(12)16-2)44-25-41(33(7)8)22-42(26-44)34(9)10/h17-28,31-36,51-52H,15-16,29-30,55H2,1-14H3. The molecular weight excluding hydrogens is 677 g/mol. The van der Waals surface area contributed by atoms with Crippen LogP contribution in [0.1, 0.15) is 187 Å². The molecule has 0 aliphatic heterocycles. The number of allylic oxidation sites excluding steroid dienone is 2. The number of rotatable bonds is 14. The van der Waals surface area contributed by atoms with E-state index in [1.165, 1.54) is 91.7 Å². The van der Waals surface area contributed by atoms with Crippen LogP contribution in [0.25, 0.3) is 34.4 Å². The van der Waals surface area contributed by atoms with Gasteiger partial charge < -0.3 is 0 Å². The SMILES string of the molecule is CCC(C)C1=Cc2c(ccc(C)c2-c2cc(C(C)C)cc(C(C)C)c2)C1C[SiH2]CC1C(C(C)CC)=Cc2c1ccc(C)c2-c1cc(C(C)C)cc(C(C)C)c1. The second-order valence-corrected chi connectivity index (χ2v) is 20.7. The summed E-state index contributed by atoms with van der Waals surface area (Å²) in [6.45, 7) is 33.1. The zero-order valence-electron chi connectivity index (χ0n) is 37.1.